The summed E-state index contributed by atoms with van der Waals surface area (Å²) in [6.45, 7) is 0.787. The SMILES string of the molecule is C[NH+](C)[C@@H](CNC(=S)Nc1cccc(Cl)c1)c1cccs1. The lowest BCUT2D eigenvalue weighted by atomic mass is 10.2. The minimum atomic E-state index is 0.379. The zero-order valence-corrected chi connectivity index (χ0v) is 14.4. The second-order valence-corrected chi connectivity index (χ2v) is 6.81. The van der Waals surface area contributed by atoms with Gasteiger partial charge in [-0.1, -0.05) is 23.7 Å². The quantitative estimate of drug-likeness (QED) is 0.731. The number of anilines is 1. The summed E-state index contributed by atoms with van der Waals surface area (Å²) in [6.07, 6.45) is 0. The molecule has 1 heterocycles. The fourth-order valence-corrected chi connectivity index (χ4v) is 3.36. The van der Waals surface area contributed by atoms with E-state index in [1.807, 2.05) is 24.3 Å². The van der Waals surface area contributed by atoms with Crippen LogP contribution in [0.15, 0.2) is 41.8 Å². The van der Waals surface area contributed by atoms with Crippen LogP contribution in [0.3, 0.4) is 0 Å². The highest BCUT2D eigenvalue weighted by atomic mass is 35.5. The van der Waals surface area contributed by atoms with Crippen molar-refractivity contribution >= 4 is 46.0 Å². The maximum absolute atomic E-state index is 5.96. The molecule has 0 saturated heterocycles. The molecule has 0 fully saturated rings. The summed E-state index contributed by atoms with van der Waals surface area (Å²) >= 11 is 13.1. The number of likely N-dealkylation sites (N-methyl/N-ethyl adjacent to an activating group) is 1. The molecule has 3 N–H and O–H groups in total. The first-order valence-electron chi connectivity index (χ1n) is 6.70. The second-order valence-electron chi connectivity index (χ2n) is 4.99. The number of halogens is 1. The van der Waals surface area contributed by atoms with Crippen molar-refractivity contribution in [2.45, 2.75) is 6.04 Å². The van der Waals surface area contributed by atoms with Crippen LogP contribution in [0.5, 0.6) is 0 Å². The van der Waals surface area contributed by atoms with Crippen LogP contribution in [-0.4, -0.2) is 25.8 Å². The van der Waals surface area contributed by atoms with E-state index in [9.17, 15) is 0 Å². The molecule has 21 heavy (non-hydrogen) atoms. The summed E-state index contributed by atoms with van der Waals surface area (Å²) in [7, 11) is 4.30. The Kier molecular flexibility index (Phi) is 5.99. The smallest absolute Gasteiger partial charge is 0.171 e. The lowest BCUT2D eigenvalue weighted by Crippen LogP contribution is -3.06. The topological polar surface area (TPSA) is 28.5 Å². The van der Waals surface area contributed by atoms with E-state index < -0.39 is 0 Å². The Hall–Kier alpha value is -1.14. The molecule has 0 aliphatic heterocycles. The number of benzene rings is 1. The van der Waals surface area contributed by atoms with Gasteiger partial charge in [0, 0.05) is 10.7 Å². The van der Waals surface area contributed by atoms with Gasteiger partial charge < -0.3 is 15.5 Å². The zero-order chi connectivity index (χ0) is 15.2. The van der Waals surface area contributed by atoms with E-state index in [0.29, 0.717) is 16.2 Å². The van der Waals surface area contributed by atoms with Crippen LogP contribution in [-0.2, 0) is 0 Å². The molecular formula is C15H19ClN3S2+. The van der Waals surface area contributed by atoms with Gasteiger partial charge in [0.25, 0.3) is 0 Å². The predicted octanol–water partition coefficient (Wildman–Crippen LogP) is 2.57. The largest absolute Gasteiger partial charge is 0.356 e. The molecule has 0 aliphatic carbocycles. The third kappa shape index (κ3) is 4.97. The van der Waals surface area contributed by atoms with Gasteiger partial charge in [-0.05, 0) is 41.9 Å². The lowest BCUT2D eigenvalue weighted by molar-refractivity contribution is -0.890. The van der Waals surface area contributed by atoms with Crippen LogP contribution in [0.4, 0.5) is 5.69 Å². The molecule has 112 valence electrons. The molecule has 2 rings (SSSR count). The van der Waals surface area contributed by atoms with Crippen molar-refractivity contribution < 1.29 is 4.90 Å². The summed E-state index contributed by atoms with van der Waals surface area (Å²) in [4.78, 5) is 2.73. The Labute approximate surface area is 139 Å². The minimum Gasteiger partial charge on any atom is -0.356 e. The lowest BCUT2D eigenvalue weighted by Gasteiger charge is -2.21. The van der Waals surface area contributed by atoms with Crippen LogP contribution in [0.1, 0.15) is 10.9 Å². The number of rotatable bonds is 5. The van der Waals surface area contributed by atoms with Gasteiger partial charge in [0.15, 0.2) is 5.11 Å². The number of nitrogens with one attached hydrogen (secondary N) is 3. The van der Waals surface area contributed by atoms with E-state index in [0.717, 1.165) is 12.2 Å². The Morgan fingerprint density at radius 1 is 1.33 bits per heavy atom. The summed E-state index contributed by atoms with van der Waals surface area (Å²) in [5, 5.41) is 9.84. The summed E-state index contributed by atoms with van der Waals surface area (Å²) in [5.74, 6) is 0. The number of hydrogen-bond acceptors (Lipinski definition) is 2. The number of hydrogen-bond donors (Lipinski definition) is 3. The van der Waals surface area contributed by atoms with Crippen LogP contribution in [0.2, 0.25) is 5.02 Å². The Bertz CT molecular complexity index is 584. The molecule has 0 bridgehead atoms. The molecule has 1 aromatic heterocycles. The minimum absolute atomic E-state index is 0.379. The number of thiophene rings is 1. The van der Waals surface area contributed by atoms with E-state index in [1.165, 1.54) is 9.78 Å². The Morgan fingerprint density at radius 2 is 2.14 bits per heavy atom. The molecule has 0 amide bonds. The van der Waals surface area contributed by atoms with Gasteiger partial charge >= 0.3 is 0 Å². The van der Waals surface area contributed by atoms with Crippen molar-refractivity contribution in [3.63, 3.8) is 0 Å². The highest BCUT2D eigenvalue weighted by molar-refractivity contribution is 7.80. The van der Waals surface area contributed by atoms with Crippen molar-refractivity contribution in [2.24, 2.45) is 0 Å². The van der Waals surface area contributed by atoms with Crippen LogP contribution in [0, 0.1) is 0 Å². The average molecular weight is 341 g/mol. The summed E-state index contributed by atoms with van der Waals surface area (Å²) < 4.78 is 0. The van der Waals surface area contributed by atoms with Crippen molar-refractivity contribution in [2.75, 3.05) is 26.0 Å². The first-order valence-corrected chi connectivity index (χ1v) is 8.36. The van der Waals surface area contributed by atoms with Gasteiger partial charge in [0.2, 0.25) is 0 Å². The van der Waals surface area contributed by atoms with E-state index >= 15 is 0 Å². The van der Waals surface area contributed by atoms with Crippen LogP contribution >= 0.6 is 35.2 Å². The fraction of sp³-hybridized carbons (Fsp3) is 0.267. The maximum Gasteiger partial charge on any atom is 0.171 e. The average Bonchev–Trinajstić information content (AvgIpc) is 2.92. The summed E-state index contributed by atoms with van der Waals surface area (Å²) in [6, 6.07) is 12.1. The maximum atomic E-state index is 5.96. The van der Waals surface area contributed by atoms with Crippen molar-refractivity contribution in [1.82, 2.24) is 5.32 Å². The first-order chi connectivity index (χ1) is 10.1. The van der Waals surface area contributed by atoms with Crippen molar-refractivity contribution in [3.8, 4) is 0 Å². The molecule has 0 radical (unpaired) electrons. The number of quaternary nitrogens is 1. The molecule has 2 aromatic rings. The Morgan fingerprint density at radius 3 is 2.76 bits per heavy atom. The van der Waals surface area contributed by atoms with Gasteiger partial charge in [-0.15, -0.1) is 11.3 Å². The monoisotopic (exact) mass is 340 g/mol. The van der Waals surface area contributed by atoms with E-state index in [-0.39, 0.29) is 0 Å². The molecule has 3 nitrogen and oxygen atoms in total. The third-order valence-electron chi connectivity index (χ3n) is 3.13. The number of thiocarbonyl (C=S) groups is 1. The van der Waals surface area contributed by atoms with Gasteiger partial charge in [-0.3, -0.25) is 0 Å². The first kappa shape index (κ1) is 16.2. The summed E-state index contributed by atoms with van der Waals surface area (Å²) in [5.41, 5.74) is 0.893. The van der Waals surface area contributed by atoms with Crippen molar-refractivity contribution in [1.29, 1.82) is 0 Å². The molecule has 0 aliphatic rings. The Balaban J connectivity index is 1.90. The van der Waals surface area contributed by atoms with Crippen LogP contribution in [0.25, 0.3) is 0 Å². The highest BCUT2D eigenvalue weighted by Crippen LogP contribution is 2.16. The normalized spacial score (nSPS) is 12.2. The van der Waals surface area contributed by atoms with Crippen molar-refractivity contribution in [3.05, 3.63) is 51.7 Å². The van der Waals surface area contributed by atoms with Gasteiger partial charge in [-0.25, -0.2) is 0 Å². The third-order valence-corrected chi connectivity index (χ3v) is 4.60. The molecule has 6 heteroatoms. The van der Waals surface area contributed by atoms with Gasteiger partial charge in [0.1, 0.15) is 6.04 Å². The molecule has 1 aromatic carbocycles. The molecule has 0 spiro atoms. The molecular weight excluding hydrogens is 322 g/mol. The standard InChI is InChI=1S/C15H18ClN3S2/c1-19(2)13(14-7-4-8-21-14)10-17-15(20)18-12-6-3-5-11(16)9-12/h3-9,13H,10H2,1-2H3,(H2,17,18,20)/p+1/t13-/m0/s1. The van der Waals surface area contributed by atoms with Gasteiger partial charge in [-0.2, -0.15) is 0 Å². The zero-order valence-electron chi connectivity index (χ0n) is 12.0. The molecule has 1 atom stereocenters. The predicted molar refractivity (Wildman–Crippen MR) is 95.5 cm³/mol. The van der Waals surface area contributed by atoms with E-state index in [4.69, 9.17) is 23.8 Å². The van der Waals surface area contributed by atoms with Crippen LogP contribution < -0.4 is 15.5 Å². The molecule has 0 unspecified atom stereocenters. The van der Waals surface area contributed by atoms with Gasteiger partial charge in [0.05, 0.1) is 25.5 Å². The fourth-order valence-electron chi connectivity index (χ4n) is 2.02. The molecule has 0 saturated carbocycles. The highest BCUT2D eigenvalue weighted by Gasteiger charge is 2.18. The van der Waals surface area contributed by atoms with E-state index in [1.54, 1.807) is 11.3 Å². The van der Waals surface area contributed by atoms with E-state index in [2.05, 4.69) is 42.2 Å². The second kappa shape index (κ2) is 7.75.